The van der Waals surface area contributed by atoms with Crippen LogP contribution >= 0.6 is 22.6 Å². The third-order valence-electron chi connectivity index (χ3n) is 3.66. The number of carbonyl (C=O) groups excluding carboxylic acids is 1. The van der Waals surface area contributed by atoms with Gasteiger partial charge in [0.05, 0.1) is 5.39 Å². The van der Waals surface area contributed by atoms with Crippen molar-refractivity contribution < 1.29 is 9.53 Å². The van der Waals surface area contributed by atoms with Crippen LogP contribution in [0, 0.1) is 3.57 Å². The lowest BCUT2D eigenvalue weighted by atomic mass is 10.1. The highest BCUT2D eigenvalue weighted by Crippen LogP contribution is 2.29. The molecule has 1 aliphatic rings. The molecule has 3 N–H and O–H groups in total. The molecule has 3 rings (SSSR count). The summed E-state index contributed by atoms with van der Waals surface area (Å²) >= 11 is 2.30. The van der Waals surface area contributed by atoms with Crippen LogP contribution in [0.3, 0.4) is 0 Å². The van der Waals surface area contributed by atoms with Crippen LogP contribution in [0.15, 0.2) is 12.5 Å². The van der Waals surface area contributed by atoms with Crippen molar-refractivity contribution in [2.75, 3.05) is 18.8 Å². The summed E-state index contributed by atoms with van der Waals surface area (Å²) in [5.74, 6) is 0.571. The quantitative estimate of drug-likeness (QED) is 0.545. The SMILES string of the molecule is CC(C)(C)OC=O.Nc1ncnc2c1c(I)cn2[C@@H]1CCCNC1. The van der Waals surface area contributed by atoms with E-state index in [4.69, 9.17) is 5.73 Å². The Balaban J connectivity index is 0.000000256. The lowest BCUT2D eigenvalue weighted by Crippen LogP contribution is -2.31. The van der Waals surface area contributed by atoms with Crippen molar-refractivity contribution in [1.29, 1.82) is 0 Å². The first-order valence-electron chi connectivity index (χ1n) is 7.92. The van der Waals surface area contributed by atoms with Gasteiger partial charge in [-0.25, -0.2) is 9.97 Å². The van der Waals surface area contributed by atoms with Gasteiger partial charge in [0.2, 0.25) is 0 Å². The molecule has 132 valence electrons. The van der Waals surface area contributed by atoms with Gasteiger partial charge >= 0.3 is 0 Å². The molecular weight excluding hydrogens is 421 g/mol. The standard InChI is InChI=1S/C11H14IN5.C5H10O2/c12-8-5-17(7-2-1-3-14-4-7)11-9(8)10(13)15-6-16-11;1-5(2,3)7-4-6/h5-7,14H,1-4H2,(H2,13,15,16);4H,1-3H3/t7-;/m1./s1. The molecule has 1 fully saturated rings. The lowest BCUT2D eigenvalue weighted by Gasteiger charge is -2.24. The van der Waals surface area contributed by atoms with Crippen LogP contribution in [0.5, 0.6) is 0 Å². The van der Waals surface area contributed by atoms with Crippen molar-refractivity contribution in [2.24, 2.45) is 0 Å². The molecule has 7 nitrogen and oxygen atoms in total. The fourth-order valence-corrected chi connectivity index (χ4v) is 3.37. The maximum atomic E-state index is 9.60. The number of aromatic nitrogens is 3. The zero-order chi connectivity index (χ0) is 17.7. The average Bonchev–Trinajstić information content (AvgIpc) is 2.86. The van der Waals surface area contributed by atoms with E-state index in [9.17, 15) is 4.79 Å². The van der Waals surface area contributed by atoms with Gasteiger partial charge in [-0.1, -0.05) is 0 Å². The maximum Gasteiger partial charge on any atom is 0.293 e. The fourth-order valence-electron chi connectivity index (χ4n) is 2.56. The highest BCUT2D eigenvalue weighted by Gasteiger charge is 2.20. The maximum absolute atomic E-state index is 9.60. The zero-order valence-corrected chi connectivity index (χ0v) is 16.4. The second-order valence-corrected chi connectivity index (χ2v) is 7.83. The van der Waals surface area contributed by atoms with Gasteiger partial charge in [0.25, 0.3) is 6.47 Å². The topological polar surface area (TPSA) is 95.1 Å². The molecule has 8 heteroatoms. The molecular formula is C16H24IN5O2. The summed E-state index contributed by atoms with van der Waals surface area (Å²) in [6.45, 7) is 8.04. The first kappa shape index (κ1) is 18.9. The van der Waals surface area contributed by atoms with Crippen molar-refractivity contribution in [3.8, 4) is 0 Å². The van der Waals surface area contributed by atoms with Gasteiger partial charge in [-0.3, -0.25) is 4.79 Å². The highest BCUT2D eigenvalue weighted by atomic mass is 127. The molecule has 0 radical (unpaired) electrons. The Morgan fingerprint density at radius 3 is 2.75 bits per heavy atom. The first-order chi connectivity index (χ1) is 11.3. The third kappa shape index (κ3) is 4.79. The molecule has 1 atom stereocenters. The number of ether oxygens (including phenoxy) is 1. The number of nitrogen functional groups attached to an aromatic ring is 1. The Morgan fingerprint density at radius 2 is 2.21 bits per heavy atom. The molecule has 0 amide bonds. The lowest BCUT2D eigenvalue weighted by molar-refractivity contribution is -0.138. The van der Waals surface area contributed by atoms with E-state index in [0.29, 0.717) is 18.3 Å². The number of hydrogen-bond donors (Lipinski definition) is 2. The van der Waals surface area contributed by atoms with Crippen molar-refractivity contribution in [1.82, 2.24) is 19.9 Å². The summed E-state index contributed by atoms with van der Waals surface area (Å²) in [7, 11) is 0. The van der Waals surface area contributed by atoms with E-state index in [1.807, 2.05) is 20.8 Å². The molecule has 0 unspecified atom stereocenters. The van der Waals surface area contributed by atoms with E-state index in [0.717, 1.165) is 27.7 Å². The summed E-state index contributed by atoms with van der Waals surface area (Å²) in [6, 6.07) is 0.476. The highest BCUT2D eigenvalue weighted by molar-refractivity contribution is 14.1. The van der Waals surface area contributed by atoms with E-state index in [1.54, 1.807) is 6.33 Å². The van der Waals surface area contributed by atoms with Crippen molar-refractivity contribution in [3.63, 3.8) is 0 Å². The van der Waals surface area contributed by atoms with Gasteiger partial charge < -0.3 is 20.4 Å². The Morgan fingerprint density at radius 1 is 1.46 bits per heavy atom. The van der Waals surface area contributed by atoms with E-state index in [2.05, 4.69) is 53.4 Å². The van der Waals surface area contributed by atoms with Crippen LogP contribution < -0.4 is 11.1 Å². The molecule has 24 heavy (non-hydrogen) atoms. The Hall–Kier alpha value is -1.42. The summed E-state index contributed by atoms with van der Waals surface area (Å²) in [5.41, 5.74) is 6.55. The number of nitrogens with one attached hydrogen (secondary N) is 1. The molecule has 0 spiro atoms. The predicted molar refractivity (Wildman–Crippen MR) is 103 cm³/mol. The predicted octanol–water partition coefficient (Wildman–Crippen LogP) is 2.50. The number of halogens is 1. The normalized spacial score (nSPS) is 17.9. The smallest absolute Gasteiger partial charge is 0.293 e. The number of carbonyl (C=O) groups is 1. The molecule has 0 bridgehead atoms. The summed E-state index contributed by atoms with van der Waals surface area (Å²) in [4.78, 5) is 18.0. The number of fused-ring (bicyclic) bond motifs is 1. The molecule has 0 saturated carbocycles. The van der Waals surface area contributed by atoms with E-state index in [-0.39, 0.29) is 5.60 Å². The Kier molecular flexibility index (Phi) is 6.39. The van der Waals surface area contributed by atoms with Crippen molar-refractivity contribution in [2.45, 2.75) is 45.3 Å². The van der Waals surface area contributed by atoms with E-state index < -0.39 is 0 Å². The van der Waals surface area contributed by atoms with Crippen molar-refractivity contribution in [3.05, 3.63) is 16.1 Å². The summed E-state index contributed by atoms with van der Waals surface area (Å²) in [6.07, 6.45) is 6.08. The zero-order valence-electron chi connectivity index (χ0n) is 14.3. The Labute approximate surface area is 155 Å². The van der Waals surface area contributed by atoms with Gasteiger partial charge in [-0.2, -0.15) is 0 Å². The van der Waals surface area contributed by atoms with Gasteiger partial charge in [0, 0.05) is 22.4 Å². The minimum absolute atomic E-state index is 0.318. The first-order valence-corrected chi connectivity index (χ1v) is 9.00. The number of piperidine rings is 1. The second-order valence-electron chi connectivity index (χ2n) is 6.67. The molecule has 1 saturated heterocycles. The van der Waals surface area contributed by atoms with Gasteiger partial charge in [0.1, 0.15) is 23.4 Å². The molecule has 0 aromatic carbocycles. The van der Waals surface area contributed by atoms with Crippen LogP contribution in [-0.2, 0) is 9.53 Å². The van der Waals surface area contributed by atoms with Crippen LogP contribution in [0.25, 0.3) is 11.0 Å². The monoisotopic (exact) mass is 445 g/mol. The largest absolute Gasteiger partial charge is 0.462 e. The van der Waals surface area contributed by atoms with Gasteiger partial charge in [0.15, 0.2) is 0 Å². The minimum Gasteiger partial charge on any atom is -0.462 e. The van der Waals surface area contributed by atoms with Gasteiger partial charge in [-0.15, -0.1) is 0 Å². The number of anilines is 1. The summed E-state index contributed by atoms with van der Waals surface area (Å²) < 4.78 is 7.91. The van der Waals surface area contributed by atoms with E-state index in [1.165, 1.54) is 12.8 Å². The second kappa shape index (κ2) is 8.11. The molecule has 2 aromatic heterocycles. The molecule has 3 heterocycles. The molecule has 2 aromatic rings. The number of nitrogens with zero attached hydrogens (tertiary/aromatic N) is 3. The fraction of sp³-hybridized carbons (Fsp3) is 0.562. The molecule has 1 aliphatic heterocycles. The van der Waals surface area contributed by atoms with Crippen LogP contribution in [0.1, 0.15) is 39.7 Å². The summed E-state index contributed by atoms with van der Waals surface area (Å²) in [5, 5.41) is 4.41. The number of rotatable bonds is 2. The third-order valence-corrected chi connectivity index (χ3v) is 4.48. The van der Waals surface area contributed by atoms with Crippen LogP contribution in [0.4, 0.5) is 5.82 Å². The number of nitrogens with two attached hydrogens (primary N) is 1. The van der Waals surface area contributed by atoms with E-state index >= 15 is 0 Å². The van der Waals surface area contributed by atoms with Crippen LogP contribution in [-0.4, -0.2) is 39.7 Å². The van der Waals surface area contributed by atoms with Gasteiger partial charge in [-0.05, 0) is 62.7 Å². The Bertz CT molecular complexity index is 690. The minimum atomic E-state index is -0.318. The van der Waals surface area contributed by atoms with Crippen LogP contribution in [0.2, 0.25) is 0 Å². The average molecular weight is 445 g/mol. The molecule has 0 aliphatic carbocycles. The number of hydrogen-bond acceptors (Lipinski definition) is 6. The van der Waals surface area contributed by atoms with Crippen molar-refractivity contribution >= 4 is 45.9 Å².